The highest BCUT2D eigenvalue weighted by atomic mass is 15.0. The van der Waals surface area contributed by atoms with Crippen LogP contribution in [0.25, 0.3) is 0 Å². The second-order valence-corrected chi connectivity index (χ2v) is 2.84. The lowest BCUT2D eigenvalue weighted by atomic mass is 10.4. The van der Waals surface area contributed by atoms with Gasteiger partial charge in [0.1, 0.15) is 2.82 Å². The quantitative estimate of drug-likeness (QED) is 0.356. The normalized spacial score (nSPS) is 29.7. The van der Waals surface area contributed by atoms with Gasteiger partial charge in [-0.25, -0.2) is 0 Å². The third-order valence-corrected chi connectivity index (χ3v) is 1.79. The molecule has 0 amide bonds. The van der Waals surface area contributed by atoms with Gasteiger partial charge in [0.05, 0.1) is 0 Å². The fourth-order valence-corrected chi connectivity index (χ4v) is 1.11. The molecule has 0 aliphatic carbocycles. The molecule has 0 aromatic rings. The first-order chi connectivity index (χ1) is 6.79. The van der Waals surface area contributed by atoms with Gasteiger partial charge in [0.25, 0.3) is 0 Å². The number of hydrogen-bond donors (Lipinski definition) is 4. The lowest BCUT2D eigenvalue weighted by molar-refractivity contribution is 0.534. The van der Waals surface area contributed by atoms with Crippen molar-refractivity contribution in [3.8, 4) is 0 Å². The molecule has 12 heavy (non-hydrogen) atoms. The molecular formula is C8H20N4. The predicted octanol–water partition coefficient (Wildman–Crippen LogP) is -1.64. The van der Waals surface area contributed by atoms with E-state index in [2.05, 4.69) is 10.6 Å². The molecule has 0 aromatic carbocycles. The highest BCUT2D eigenvalue weighted by molar-refractivity contribution is 4.59. The van der Waals surface area contributed by atoms with Crippen molar-refractivity contribution in [2.45, 2.75) is 0 Å². The van der Waals surface area contributed by atoms with E-state index in [0.29, 0.717) is 0 Å². The largest absolute Gasteiger partial charge is 0.314 e. The van der Waals surface area contributed by atoms with Crippen molar-refractivity contribution in [3.63, 3.8) is 0 Å². The topological polar surface area (TPSA) is 48.1 Å². The SMILES string of the molecule is [2H]N1CCNCCN([2H])CCNCC1. The predicted molar refractivity (Wildman–Crippen MR) is 51.5 cm³/mol. The van der Waals surface area contributed by atoms with Gasteiger partial charge in [-0.05, 0) is 0 Å². The Morgan fingerprint density at radius 1 is 0.583 bits per heavy atom. The van der Waals surface area contributed by atoms with Crippen LogP contribution in [0.5, 0.6) is 0 Å². The van der Waals surface area contributed by atoms with E-state index in [1.807, 2.05) is 0 Å². The molecule has 1 aliphatic heterocycles. The van der Waals surface area contributed by atoms with Crippen LogP contribution in [0.4, 0.5) is 0 Å². The van der Waals surface area contributed by atoms with E-state index >= 15 is 0 Å². The summed E-state index contributed by atoms with van der Waals surface area (Å²) in [4.78, 5) is 0. The average molecular weight is 174 g/mol. The molecule has 0 unspecified atom stereocenters. The molecule has 1 fully saturated rings. The summed E-state index contributed by atoms with van der Waals surface area (Å²) < 4.78 is 15.1. The highest BCUT2D eigenvalue weighted by Gasteiger charge is 1.92. The van der Waals surface area contributed by atoms with Gasteiger partial charge in [0, 0.05) is 52.4 Å². The molecule has 1 saturated heterocycles. The maximum absolute atomic E-state index is 7.55. The molecule has 0 radical (unpaired) electrons. The number of rotatable bonds is 0. The maximum atomic E-state index is 7.55. The van der Waals surface area contributed by atoms with Crippen LogP contribution in [0.3, 0.4) is 0 Å². The molecule has 0 bridgehead atoms. The average Bonchev–Trinajstić information content (AvgIpc) is 2.14. The van der Waals surface area contributed by atoms with Crippen LogP contribution in [0.2, 0.25) is 2.82 Å². The minimum atomic E-state index is 0.750. The lowest BCUT2D eigenvalue weighted by Crippen LogP contribution is -2.39. The van der Waals surface area contributed by atoms with Gasteiger partial charge in [-0.1, -0.05) is 0 Å². The lowest BCUT2D eigenvalue weighted by Gasteiger charge is -2.11. The Labute approximate surface area is 77.4 Å². The first-order valence-electron chi connectivity index (χ1n) is 5.57. The summed E-state index contributed by atoms with van der Waals surface area (Å²) in [5, 5.41) is 9.58. The summed E-state index contributed by atoms with van der Waals surface area (Å²) in [6.07, 6.45) is 0. The van der Waals surface area contributed by atoms with Crippen molar-refractivity contribution in [1.82, 2.24) is 21.3 Å². The Balaban J connectivity index is 2.19. The van der Waals surface area contributed by atoms with E-state index in [4.69, 9.17) is 2.82 Å². The molecule has 72 valence electrons. The minimum absolute atomic E-state index is 0.750. The van der Waals surface area contributed by atoms with Crippen molar-refractivity contribution in [2.75, 3.05) is 52.4 Å². The van der Waals surface area contributed by atoms with Crippen molar-refractivity contribution in [1.29, 1.82) is 0 Å². The molecule has 0 atom stereocenters. The van der Waals surface area contributed by atoms with Crippen molar-refractivity contribution in [2.24, 2.45) is 0 Å². The molecule has 0 aromatic heterocycles. The van der Waals surface area contributed by atoms with Gasteiger partial charge >= 0.3 is 0 Å². The van der Waals surface area contributed by atoms with Crippen molar-refractivity contribution >= 4 is 0 Å². The zero-order chi connectivity index (χ0) is 10.2. The first-order valence-corrected chi connectivity index (χ1v) is 4.68. The number of nitrogens with one attached hydrogen (secondary N) is 4. The van der Waals surface area contributed by atoms with Gasteiger partial charge in [0.15, 0.2) is 0 Å². The highest BCUT2D eigenvalue weighted by Crippen LogP contribution is 1.65. The molecule has 1 rings (SSSR count). The smallest absolute Gasteiger partial charge is 0.122 e. The van der Waals surface area contributed by atoms with Gasteiger partial charge < -0.3 is 21.3 Å². The summed E-state index contributed by atoms with van der Waals surface area (Å²) in [6.45, 7) is 6.32. The van der Waals surface area contributed by atoms with Crippen LogP contribution in [0.15, 0.2) is 0 Å². The zero-order valence-corrected chi connectivity index (χ0v) is 7.55. The first kappa shape index (κ1) is 7.26. The molecule has 4 heteroatoms. The van der Waals surface area contributed by atoms with Crippen LogP contribution in [0, 0.1) is 0 Å². The molecule has 1 aliphatic rings. The fourth-order valence-electron chi connectivity index (χ4n) is 1.11. The van der Waals surface area contributed by atoms with Gasteiger partial charge in [-0.3, -0.25) is 0 Å². The Kier molecular flexibility index (Phi) is 4.53. The van der Waals surface area contributed by atoms with E-state index in [0.717, 1.165) is 52.4 Å². The summed E-state index contributed by atoms with van der Waals surface area (Å²) in [6, 6.07) is 0. The zero-order valence-electron chi connectivity index (χ0n) is 9.55. The maximum Gasteiger partial charge on any atom is 0.122 e. The standard InChI is InChI=1S/C8H20N4/c1-2-10-5-6-12-8-7-11-4-3-9-1/h9-12H,1-8H2/i/hD2. The third kappa shape index (κ3) is 5.49. The van der Waals surface area contributed by atoms with E-state index < -0.39 is 0 Å². The summed E-state index contributed by atoms with van der Waals surface area (Å²) in [5.74, 6) is 0. The van der Waals surface area contributed by atoms with Crippen molar-refractivity contribution in [3.05, 3.63) is 0 Å². The molecular weight excluding hydrogens is 152 g/mol. The second kappa shape index (κ2) is 7.49. The molecule has 4 nitrogen and oxygen atoms in total. The molecule has 0 saturated carbocycles. The van der Waals surface area contributed by atoms with Crippen LogP contribution in [-0.2, 0) is 0 Å². The molecule has 1 heterocycles. The molecule has 4 N–H and O–H groups in total. The summed E-state index contributed by atoms with van der Waals surface area (Å²) in [5.41, 5.74) is 0. The third-order valence-electron chi connectivity index (χ3n) is 1.79. The van der Waals surface area contributed by atoms with Gasteiger partial charge in [-0.2, -0.15) is 0 Å². The van der Waals surface area contributed by atoms with E-state index in [1.165, 1.54) is 0 Å². The Hall–Kier alpha value is -0.160. The Morgan fingerprint density at radius 3 is 1.25 bits per heavy atom. The summed E-state index contributed by atoms with van der Waals surface area (Å²) >= 11 is 0. The second-order valence-electron chi connectivity index (χ2n) is 2.84. The fraction of sp³-hybridized carbons (Fsp3) is 1.00. The van der Waals surface area contributed by atoms with Gasteiger partial charge in [0.2, 0.25) is 0 Å². The monoisotopic (exact) mass is 174 g/mol. The van der Waals surface area contributed by atoms with Crippen molar-refractivity contribution < 1.29 is 2.82 Å². The van der Waals surface area contributed by atoms with E-state index in [-0.39, 0.29) is 0 Å². The van der Waals surface area contributed by atoms with Crippen LogP contribution in [0.1, 0.15) is 0 Å². The van der Waals surface area contributed by atoms with Crippen LogP contribution < -0.4 is 21.3 Å². The minimum Gasteiger partial charge on any atom is -0.314 e. The summed E-state index contributed by atoms with van der Waals surface area (Å²) in [7, 11) is 0. The van der Waals surface area contributed by atoms with Crippen LogP contribution >= 0.6 is 0 Å². The Bertz CT molecular complexity index is 119. The van der Waals surface area contributed by atoms with E-state index in [9.17, 15) is 0 Å². The Morgan fingerprint density at radius 2 is 0.917 bits per heavy atom. The van der Waals surface area contributed by atoms with E-state index in [1.54, 1.807) is 10.6 Å². The molecule has 0 spiro atoms. The number of hydrogen-bond acceptors (Lipinski definition) is 4. The van der Waals surface area contributed by atoms with Gasteiger partial charge in [-0.15, -0.1) is 0 Å². The van der Waals surface area contributed by atoms with Crippen LogP contribution in [-0.4, -0.2) is 52.4 Å².